The zero-order valence-electron chi connectivity index (χ0n) is 10.8. The summed E-state index contributed by atoms with van der Waals surface area (Å²) in [6, 6.07) is 7.34. The number of amides is 1. The first-order valence-corrected chi connectivity index (χ1v) is 6.21. The van der Waals surface area contributed by atoms with Gasteiger partial charge >= 0.3 is 0 Å². The third-order valence-corrected chi connectivity index (χ3v) is 2.56. The van der Waals surface area contributed by atoms with Crippen molar-refractivity contribution in [3.63, 3.8) is 0 Å². The Bertz CT molecular complexity index is 564. The second-order valence-corrected chi connectivity index (χ2v) is 4.24. The number of nitrogen functional groups attached to an aromatic ring is 1. The maximum atomic E-state index is 11.6. The summed E-state index contributed by atoms with van der Waals surface area (Å²) in [7, 11) is 0. The van der Waals surface area contributed by atoms with Crippen molar-refractivity contribution in [2.45, 2.75) is 19.9 Å². The van der Waals surface area contributed by atoms with Crippen molar-refractivity contribution in [3.05, 3.63) is 30.6 Å². The molecule has 2 aromatic rings. The van der Waals surface area contributed by atoms with Crippen LogP contribution >= 0.6 is 0 Å². The maximum Gasteiger partial charge on any atom is 0.241 e. The Morgan fingerprint density at radius 3 is 3.05 bits per heavy atom. The molecule has 3 N–H and O–H groups in total. The lowest BCUT2D eigenvalue weighted by Crippen LogP contribution is -2.28. The molecule has 0 saturated heterocycles. The van der Waals surface area contributed by atoms with E-state index in [9.17, 15) is 4.79 Å². The lowest BCUT2D eigenvalue weighted by Gasteiger charge is -2.02. The van der Waals surface area contributed by atoms with Crippen LogP contribution in [-0.4, -0.2) is 27.2 Å². The van der Waals surface area contributed by atoms with E-state index in [1.807, 2.05) is 19.1 Å². The van der Waals surface area contributed by atoms with Gasteiger partial charge in [-0.25, -0.2) is 9.67 Å². The molecule has 0 aliphatic rings. The maximum absolute atomic E-state index is 11.6. The number of benzene rings is 1. The van der Waals surface area contributed by atoms with Gasteiger partial charge in [-0.1, -0.05) is 19.1 Å². The van der Waals surface area contributed by atoms with E-state index in [1.54, 1.807) is 18.5 Å². The molecule has 19 heavy (non-hydrogen) atoms. The monoisotopic (exact) mass is 259 g/mol. The molecule has 1 amide bonds. The number of rotatable bonds is 5. The van der Waals surface area contributed by atoms with Crippen LogP contribution in [0.1, 0.15) is 13.3 Å². The second kappa shape index (κ2) is 5.99. The highest BCUT2D eigenvalue weighted by atomic mass is 16.2. The first kappa shape index (κ1) is 13.1. The molecule has 0 saturated carbocycles. The van der Waals surface area contributed by atoms with Gasteiger partial charge in [-0.3, -0.25) is 4.79 Å². The molecule has 1 aromatic heterocycles. The van der Waals surface area contributed by atoms with E-state index in [2.05, 4.69) is 15.4 Å². The summed E-state index contributed by atoms with van der Waals surface area (Å²) in [5.41, 5.74) is 7.21. The van der Waals surface area contributed by atoms with Gasteiger partial charge in [-0.2, -0.15) is 5.10 Å². The minimum Gasteiger partial charge on any atom is -0.399 e. The van der Waals surface area contributed by atoms with Crippen LogP contribution in [-0.2, 0) is 11.3 Å². The summed E-state index contributed by atoms with van der Waals surface area (Å²) < 4.78 is 1.52. The fraction of sp³-hybridized carbons (Fsp3) is 0.308. The van der Waals surface area contributed by atoms with Crippen molar-refractivity contribution in [1.29, 1.82) is 0 Å². The van der Waals surface area contributed by atoms with E-state index >= 15 is 0 Å². The lowest BCUT2D eigenvalue weighted by molar-refractivity contribution is -0.121. The van der Waals surface area contributed by atoms with Crippen molar-refractivity contribution >= 4 is 11.6 Å². The van der Waals surface area contributed by atoms with Gasteiger partial charge in [0.1, 0.15) is 12.9 Å². The summed E-state index contributed by atoms with van der Waals surface area (Å²) in [5.74, 6) is 0.501. The standard InChI is InChI=1S/C13H17N5O/c1-2-6-15-12(19)8-18-9-16-13(17-18)10-4-3-5-11(14)7-10/h3-5,7,9H,2,6,8,14H2,1H3,(H,15,19). The van der Waals surface area contributed by atoms with Crippen LogP contribution in [0.25, 0.3) is 11.4 Å². The Labute approximate surface area is 111 Å². The van der Waals surface area contributed by atoms with Crippen molar-refractivity contribution in [3.8, 4) is 11.4 Å². The van der Waals surface area contributed by atoms with Crippen molar-refractivity contribution in [2.24, 2.45) is 0 Å². The van der Waals surface area contributed by atoms with Gasteiger partial charge in [0, 0.05) is 17.8 Å². The highest BCUT2D eigenvalue weighted by molar-refractivity contribution is 5.75. The molecule has 0 atom stereocenters. The number of hydrogen-bond donors (Lipinski definition) is 2. The average Bonchev–Trinajstić information content (AvgIpc) is 2.85. The zero-order chi connectivity index (χ0) is 13.7. The number of anilines is 1. The number of carbonyl (C=O) groups excluding carboxylic acids is 1. The SMILES string of the molecule is CCCNC(=O)Cn1cnc(-c2cccc(N)c2)n1. The molecule has 0 unspecified atom stereocenters. The number of hydrogen-bond acceptors (Lipinski definition) is 4. The minimum atomic E-state index is -0.0640. The molecule has 0 aliphatic carbocycles. The highest BCUT2D eigenvalue weighted by Crippen LogP contribution is 2.16. The van der Waals surface area contributed by atoms with Gasteiger partial charge in [0.15, 0.2) is 5.82 Å². The van der Waals surface area contributed by atoms with Crippen molar-refractivity contribution < 1.29 is 4.79 Å². The molecule has 2 rings (SSSR count). The summed E-state index contributed by atoms with van der Waals surface area (Å²) in [6.45, 7) is 2.86. The Kier molecular flexibility index (Phi) is 4.12. The topological polar surface area (TPSA) is 85.8 Å². The number of nitrogens with two attached hydrogens (primary N) is 1. The van der Waals surface area contributed by atoms with Crippen molar-refractivity contribution in [1.82, 2.24) is 20.1 Å². The number of aromatic nitrogens is 3. The largest absolute Gasteiger partial charge is 0.399 e. The first-order chi connectivity index (χ1) is 9.19. The molecule has 0 radical (unpaired) electrons. The Balaban J connectivity index is 2.05. The molecule has 6 heteroatoms. The Morgan fingerprint density at radius 2 is 2.32 bits per heavy atom. The molecular formula is C13H17N5O. The summed E-state index contributed by atoms with van der Waals surface area (Å²) >= 11 is 0. The van der Waals surface area contributed by atoms with Gasteiger partial charge in [-0.15, -0.1) is 0 Å². The quantitative estimate of drug-likeness (QED) is 0.786. The molecule has 0 spiro atoms. The van der Waals surface area contributed by atoms with Crippen LogP contribution in [0.5, 0.6) is 0 Å². The highest BCUT2D eigenvalue weighted by Gasteiger charge is 2.07. The summed E-state index contributed by atoms with van der Waals surface area (Å²) in [4.78, 5) is 15.7. The smallest absolute Gasteiger partial charge is 0.241 e. The van der Waals surface area contributed by atoms with E-state index in [0.717, 1.165) is 12.0 Å². The van der Waals surface area contributed by atoms with E-state index in [1.165, 1.54) is 4.68 Å². The number of nitrogens with one attached hydrogen (secondary N) is 1. The summed E-state index contributed by atoms with van der Waals surface area (Å²) in [5, 5.41) is 7.05. The fourth-order valence-electron chi connectivity index (χ4n) is 1.65. The zero-order valence-corrected chi connectivity index (χ0v) is 10.8. The molecule has 6 nitrogen and oxygen atoms in total. The van der Waals surface area contributed by atoms with Crippen LogP contribution < -0.4 is 11.1 Å². The Morgan fingerprint density at radius 1 is 1.47 bits per heavy atom. The fourth-order valence-corrected chi connectivity index (χ4v) is 1.65. The van der Waals surface area contributed by atoms with Crippen LogP contribution in [0.2, 0.25) is 0 Å². The predicted octanol–water partition coefficient (Wildman–Crippen LogP) is 1.05. The third-order valence-electron chi connectivity index (χ3n) is 2.56. The van der Waals surface area contributed by atoms with Gasteiger partial charge in [0.05, 0.1) is 0 Å². The van der Waals surface area contributed by atoms with E-state index in [0.29, 0.717) is 18.1 Å². The molecular weight excluding hydrogens is 242 g/mol. The van der Waals surface area contributed by atoms with Gasteiger partial charge in [-0.05, 0) is 18.6 Å². The molecule has 1 aromatic carbocycles. The average molecular weight is 259 g/mol. The predicted molar refractivity (Wildman–Crippen MR) is 73.2 cm³/mol. The second-order valence-electron chi connectivity index (χ2n) is 4.24. The van der Waals surface area contributed by atoms with E-state index in [4.69, 9.17) is 5.73 Å². The number of nitrogens with zero attached hydrogens (tertiary/aromatic N) is 3. The molecule has 0 fully saturated rings. The normalized spacial score (nSPS) is 10.4. The third kappa shape index (κ3) is 3.54. The van der Waals surface area contributed by atoms with Crippen molar-refractivity contribution in [2.75, 3.05) is 12.3 Å². The van der Waals surface area contributed by atoms with Crippen LogP contribution in [0.4, 0.5) is 5.69 Å². The van der Waals surface area contributed by atoms with E-state index < -0.39 is 0 Å². The van der Waals surface area contributed by atoms with E-state index in [-0.39, 0.29) is 12.5 Å². The van der Waals surface area contributed by atoms with Crippen LogP contribution in [0.3, 0.4) is 0 Å². The Hall–Kier alpha value is -2.37. The van der Waals surface area contributed by atoms with Gasteiger partial charge in [0.2, 0.25) is 5.91 Å². The molecule has 0 bridgehead atoms. The summed E-state index contributed by atoms with van der Waals surface area (Å²) in [6.07, 6.45) is 2.46. The first-order valence-electron chi connectivity index (χ1n) is 6.21. The minimum absolute atomic E-state index is 0.0640. The van der Waals surface area contributed by atoms with Crippen LogP contribution in [0, 0.1) is 0 Å². The molecule has 1 heterocycles. The lowest BCUT2D eigenvalue weighted by atomic mass is 10.2. The number of carbonyl (C=O) groups is 1. The molecule has 0 aliphatic heterocycles. The van der Waals surface area contributed by atoms with Crippen LogP contribution in [0.15, 0.2) is 30.6 Å². The van der Waals surface area contributed by atoms with Gasteiger partial charge in [0.25, 0.3) is 0 Å². The molecule has 100 valence electrons. The van der Waals surface area contributed by atoms with Gasteiger partial charge < -0.3 is 11.1 Å².